The molecule has 6 heterocycles. The highest BCUT2D eigenvalue weighted by atomic mass is 32.2. The highest BCUT2D eigenvalue weighted by molar-refractivity contribution is 8.14. The van der Waals surface area contributed by atoms with Crippen LogP contribution in [-0.2, 0) is 5.92 Å². The molecule has 7 rings (SSSR count). The third-order valence-corrected chi connectivity index (χ3v) is 12.5. The lowest BCUT2D eigenvalue weighted by Gasteiger charge is -2.37. The van der Waals surface area contributed by atoms with E-state index in [2.05, 4.69) is 40.6 Å². The van der Waals surface area contributed by atoms with Gasteiger partial charge in [-0.15, -0.1) is 0 Å². The number of halogens is 2. The maximum atomic E-state index is 16.0. The normalized spacial score (nSPS) is 31.0. The third kappa shape index (κ3) is 7.07. The molecule has 0 saturated carbocycles. The van der Waals surface area contributed by atoms with Crippen LogP contribution in [0.15, 0.2) is 48.4 Å². The smallest absolute Gasteiger partial charge is 0.276 e. The van der Waals surface area contributed by atoms with Crippen LogP contribution in [0.3, 0.4) is 0 Å². The quantitative estimate of drug-likeness (QED) is 0.334. The molecule has 1 unspecified atom stereocenters. The fourth-order valence-electron chi connectivity index (χ4n) is 7.83. The zero-order chi connectivity index (χ0) is 31.6. The standard InChI is InChI=1S/C37H51F2N5S/c1-5-28-10-7-6-8-17-44-27(3)33(29-15-20-45(4)21-16-29)23-34-35(40-25-41-36(34)44)42-26(2)30-11-9-12-32(22-30)37(38,39)31-13-18-43(24-28)19-14-31/h9,11-12,22-23,25-26,28-29,31H,3-8,10,13-21,24H2,1-2H3,(H,40,41,42)/t26-,28?,29?,45?/m1/s1. The summed E-state index contributed by atoms with van der Waals surface area (Å²) in [5.41, 5.74) is 4.31. The summed E-state index contributed by atoms with van der Waals surface area (Å²) in [6.45, 7) is 12.4. The van der Waals surface area contributed by atoms with Crippen molar-refractivity contribution in [2.24, 2.45) is 17.8 Å². The Kier molecular flexibility index (Phi) is 10.1. The van der Waals surface area contributed by atoms with Crippen molar-refractivity contribution in [2.75, 3.05) is 47.9 Å². The molecule has 1 aromatic heterocycles. The number of hydrogen-bond acceptors (Lipinski definition) is 5. The van der Waals surface area contributed by atoms with Crippen molar-refractivity contribution in [2.45, 2.75) is 83.6 Å². The highest BCUT2D eigenvalue weighted by Gasteiger charge is 2.43. The Morgan fingerprint density at radius 1 is 1.02 bits per heavy atom. The first-order valence-electron chi connectivity index (χ1n) is 17.2. The van der Waals surface area contributed by atoms with E-state index in [0.29, 0.717) is 24.7 Å². The Morgan fingerprint density at radius 2 is 1.80 bits per heavy atom. The second kappa shape index (κ2) is 14.0. The molecule has 2 aromatic rings. The molecule has 1 N–H and O–H groups in total. The molecule has 2 atom stereocenters. The van der Waals surface area contributed by atoms with Gasteiger partial charge < -0.3 is 15.1 Å². The number of alkyl halides is 2. The largest absolute Gasteiger partial charge is 0.363 e. The van der Waals surface area contributed by atoms with Crippen LogP contribution in [0.1, 0.15) is 94.4 Å². The summed E-state index contributed by atoms with van der Waals surface area (Å²) < 4.78 is 32.0. The second-order valence-electron chi connectivity index (χ2n) is 13.8. The number of hydrogen-bond donors (Lipinski definition) is 1. The molecular weight excluding hydrogens is 585 g/mol. The summed E-state index contributed by atoms with van der Waals surface area (Å²) in [4.78, 5) is 14.3. The van der Waals surface area contributed by atoms with Crippen LogP contribution in [-0.4, -0.2) is 58.4 Å². The topological polar surface area (TPSA) is 44.3 Å². The SMILES string of the molecule is C=C1C(C2CCS(=C)CC2)=Cc2c3ncnc2N1CCCCCC(CC)CN1CCC(CC1)C(F)(F)c1cccc(c1)[C@@H](C)N3. The van der Waals surface area contributed by atoms with Gasteiger partial charge in [0.15, 0.2) is 0 Å². The van der Waals surface area contributed by atoms with Gasteiger partial charge in [-0.1, -0.05) is 56.8 Å². The second-order valence-corrected chi connectivity index (χ2v) is 15.8. The van der Waals surface area contributed by atoms with Crippen LogP contribution in [0.2, 0.25) is 0 Å². The van der Waals surface area contributed by atoms with Crippen LogP contribution in [0.25, 0.3) is 6.08 Å². The van der Waals surface area contributed by atoms with Gasteiger partial charge in [-0.05, 0) is 105 Å². The van der Waals surface area contributed by atoms with Gasteiger partial charge in [0.25, 0.3) is 5.92 Å². The van der Waals surface area contributed by atoms with Crippen molar-refractivity contribution < 1.29 is 8.78 Å². The van der Waals surface area contributed by atoms with E-state index < -0.39 is 11.8 Å². The van der Waals surface area contributed by atoms with Gasteiger partial charge >= 0.3 is 0 Å². The molecule has 0 aliphatic carbocycles. The average Bonchev–Trinajstić information content (AvgIpc) is 3.05. The Morgan fingerprint density at radius 3 is 2.56 bits per heavy atom. The minimum Gasteiger partial charge on any atom is -0.363 e. The number of allylic oxidation sites excluding steroid dienone is 1. The molecule has 2 fully saturated rings. The minimum atomic E-state index is -2.86. The fourth-order valence-corrected chi connectivity index (χ4v) is 9.27. The highest BCUT2D eigenvalue weighted by Crippen LogP contribution is 2.45. The fraction of sp³-hybridized carbons (Fsp3) is 0.595. The van der Waals surface area contributed by atoms with E-state index in [1.165, 1.54) is 18.4 Å². The number of anilines is 2. The number of rotatable bonds is 2. The summed E-state index contributed by atoms with van der Waals surface area (Å²) in [6.07, 6.45) is 13.0. The van der Waals surface area contributed by atoms with Gasteiger partial charge in [-0.25, -0.2) is 18.7 Å². The molecule has 0 amide bonds. The Labute approximate surface area is 271 Å². The summed E-state index contributed by atoms with van der Waals surface area (Å²) >= 11 is 0. The monoisotopic (exact) mass is 635 g/mol. The summed E-state index contributed by atoms with van der Waals surface area (Å²) in [6, 6.07) is 6.84. The number of nitrogens with zero attached hydrogens (tertiary/aromatic N) is 4. The van der Waals surface area contributed by atoms with Crippen molar-refractivity contribution in [1.82, 2.24) is 14.9 Å². The van der Waals surface area contributed by atoms with Crippen LogP contribution in [0.5, 0.6) is 0 Å². The van der Waals surface area contributed by atoms with E-state index in [9.17, 15) is 0 Å². The predicted molar refractivity (Wildman–Crippen MR) is 187 cm³/mol. The lowest BCUT2D eigenvalue weighted by Crippen LogP contribution is -2.41. The van der Waals surface area contributed by atoms with Gasteiger partial charge in [0.05, 0.1) is 5.56 Å². The number of aromatic nitrogens is 2. The van der Waals surface area contributed by atoms with Gasteiger partial charge in [-0.3, -0.25) is 0 Å². The van der Waals surface area contributed by atoms with Crippen molar-refractivity contribution in [3.63, 3.8) is 0 Å². The molecule has 5 nitrogen and oxygen atoms in total. The Balaban J connectivity index is 1.35. The van der Waals surface area contributed by atoms with E-state index in [4.69, 9.17) is 9.97 Å². The van der Waals surface area contributed by atoms with E-state index in [0.717, 1.165) is 98.2 Å². The van der Waals surface area contributed by atoms with Gasteiger partial charge in [0.1, 0.15) is 18.0 Å². The molecule has 45 heavy (non-hydrogen) atoms. The number of benzene rings is 1. The maximum Gasteiger partial charge on any atom is 0.276 e. The van der Waals surface area contributed by atoms with Crippen molar-refractivity contribution >= 4 is 34.1 Å². The van der Waals surface area contributed by atoms with Crippen LogP contribution >= 0.6 is 10.5 Å². The maximum absolute atomic E-state index is 16.0. The van der Waals surface area contributed by atoms with Crippen LogP contribution in [0.4, 0.5) is 20.4 Å². The molecule has 5 aliphatic heterocycles. The number of piperidine rings is 1. The van der Waals surface area contributed by atoms with Crippen molar-refractivity contribution in [3.8, 4) is 0 Å². The lowest BCUT2D eigenvalue weighted by molar-refractivity contribution is -0.0863. The van der Waals surface area contributed by atoms with E-state index in [1.54, 1.807) is 24.5 Å². The van der Waals surface area contributed by atoms with Gasteiger partial charge in [0, 0.05) is 36.3 Å². The third-order valence-electron chi connectivity index (χ3n) is 10.8. The average molecular weight is 636 g/mol. The zero-order valence-corrected chi connectivity index (χ0v) is 28.1. The summed E-state index contributed by atoms with van der Waals surface area (Å²) in [5, 5.41) is 3.60. The van der Waals surface area contributed by atoms with Crippen LogP contribution in [0, 0.1) is 17.8 Å². The summed E-state index contributed by atoms with van der Waals surface area (Å²) in [7, 11) is 0.252. The lowest BCUT2D eigenvalue weighted by atomic mass is 9.85. The first-order chi connectivity index (χ1) is 21.7. The molecule has 244 valence electrons. The molecule has 0 spiro atoms. The van der Waals surface area contributed by atoms with Crippen molar-refractivity contribution in [3.05, 3.63) is 65.1 Å². The molecule has 2 saturated heterocycles. The molecule has 0 radical (unpaired) electrons. The zero-order valence-electron chi connectivity index (χ0n) is 27.2. The minimum absolute atomic E-state index is 0.125. The molecular formula is C37H51F2N5S. The van der Waals surface area contributed by atoms with Gasteiger partial charge in [-0.2, -0.15) is 10.5 Å². The number of fused-ring (bicyclic) bond motifs is 9. The Bertz CT molecular complexity index is 1410. The first-order valence-corrected chi connectivity index (χ1v) is 19.0. The molecule has 8 bridgehead atoms. The molecule has 1 aromatic carbocycles. The van der Waals surface area contributed by atoms with E-state index in [-0.39, 0.29) is 22.1 Å². The predicted octanol–water partition coefficient (Wildman–Crippen LogP) is 8.88. The van der Waals surface area contributed by atoms with Crippen LogP contribution < -0.4 is 10.2 Å². The van der Waals surface area contributed by atoms with Gasteiger partial charge in [0.2, 0.25) is 0 Å². The number of nitrogens with one attached hydrogen (secondary N) is 1. The summed E-state index contributed by atoms with van der Waals surface area (Å²) in [5.74, 6) is 5.89. The van der Waals surface area contributed by atoms with E-state index >= 15 is 8.78 Å². The first kappa shape index (κ1) is 32.4. The van der Waals surface area contributed by atoms with Crippen molar-refractivity contribution in [1.29, 1.82) is 0 Å². The molecule has 8 heteroatoms. The Hall–Kier alpha value is -2.58. The van der Waals surface area contributed by atoms with E-state index in [1.807, 2.05) is 13.0 Å². The molecule has 5 aliphatic rings.